The van der Waals surface area contributed by atoms with Crippen molar-refractivity contribution in [2.75, 3.05) is 23.8 Å². The summed E-state index contributed by atoms with van der Waals surface area (Å²) >= 11 is 18.8. The number of rotatable bonds is 10. The number of amides is 2. The molecular weight excluding hydrogens is 675 g/mol. The van der Waals surface area contributed by atoms with Crippen LogP contribution in [-0.4, -0.2) is 25.0 Å². The zero-order valence-corrected chi connectivity index (χ0v) is 24.7. The zero-order chi connectivity index (χ0) is 27.8. The second-order valence-corrected chi connectivity index (χ2v) is 10.6. The number of ether oxygens (including phenoxy) is 3. The Morgan fingerprint density at radius 1 is 0.615 bits per heavy atom. The number of hydrogen-bond acceptors (Lipinski definition) is 5. The fourth-order valence-corrected chi connectivity index (χ4v) is 4.67. The molecule has 0 spiro atoms. The van der Waals surface area contributed by atoms with E-state index in [1.807, 2.05) is 0 Å². The van der Waals surface area contributed by atoms with Crippen LogP contribution in [0, 0.1) is 0 Å². The van der Waals surface area contributed by atoms with Crippen molar-refractivity contribution in [3.8, 4) is 23.0 Å². The topological polar surface area (TPSA) is 85.9 Å². The average molecular weight is 695 g/mol. The summed E-state index contributed by atoms with van der Waals surface area (Å²) in [5.74, 6) is 1.33. The Kier molecular flexibility index (Phi) is 10.1. The molecule has 0 aromatic heterocycles. The van der Waals surface area contributed by atoms with Gasteiger partial charge in [0, 0.05) is 20.3 Å². The quantitative estimate of drug-likeness (QED) is 0.174. The summed E-state index contributed by atoms with van der Waals surface area (Å²) in [6.45, 7) is -0.376. The summed E-state index contributed by atoms with van der Waals surface area (Å²) < 4.78 is 18.4. The number of hydrogen-bond donors (Lipinski definition) is 2. The van der Waals surface area contributed by atoms with Crippen LogP contribution in [0.1, 0.15) is 0 Å². The maximum Gasteiger partial charge on any atom is 0.262 e. The first-order chi connectivity index (χ1) is 18.7. The largest absolute Gasteiger partial charge is 0.482 e. The van der Waals surface area contributed by atoms with E-state index in [1.165, 1.54) is 0 Å². The fourth-order valence-electron chi connectivity index (χ4n) is 3.21. The standard InChI is InChI=1S/C28H20Br2Cl2N2O5/c29-17-1-11-25(23(31)13-17)37-15-27(35)33-19-3-7-21(8-4-19)39-22-9-5-20(6-10-22)34-28(36)16-38-26-12-2-18(30)14-24(26)32/h1-14H,15-16H2,(H,33,35)(H,34,36). The van der Waals surface area contributed by atoms with Gasteiger partial charge in [-0.15, -0.1) is 0 Å². The molecule has 0 fully saturated rings. The molecule has 2 amide bonds. The highest BCUT2D eigenvalue weighted by Gasteiger charge is 2.09. The van der Waals surface area contributed by atoms with E-state index in [1.54, 1.807) is 84.9 Å². The third kappa shape index (κ3) is 8.90. The van der Waals surface area contributed by atoms with Crippen molar-refractivity contribution in [1.29, 1.82) is 0 Å². The molecule has 4 aromatic carbocycles. The lowest BCUT2D eigenvalue weighted by atomic mass is 10.2. The Balaban J connectivity index is 1.22. The molecule has 39 heavy (non-hydrogen) atoms. The van der Waals surface area contributed by atoms with Crippen LogP contribution in [0.25, 0.3) is 0 Å². The molecule has 11 heteroatoms. The first-order valence-electron chi connectivity index (χ1n) is 11.4. The van der Waals surface area contributed by atoms with Gasteiger partial charge in [-0.05, 0) is 84.9 Å². The lowest BCUT2D eigenvalue weighted by Crippen LogP contribution is -2.20. The van der Waals surface area contributed by atoms with E-state index < -0.39 is 0 Å². The summed E-state index contributed by atoms with van der Waals surface area (Å²) in [5.41, 5.74) is 1.17. The molecule has 0 heterocycles. The lowest BCUT2D eigenvalue weighted by Gasteiger charge is -2.11. The third-order valence-electron chi connectivity index (χ3n) is 5.02. The fraction of sp³-hybridized carbons (Fsp3) is 0.0714. The molecule has 7 nitrogen and oxygen atoms in total. The number of carbonyl (C=O) groups excluding carboxylic acids is 2. The third-order valence-corrected chi connectivity index (χ3v) is 6.59. The van der Waals surface area contributed by atoms with Gasteiger partial charge in [0.1, 0.15) is 23.0 Å². The molecule has 0 unspecified atom stereocenters. The number of nitrogens with one attached hydrogen (secondary N) is 2. The van der Waals surface area contributed by atoms with Gasteiger partial charge in [-0.3, -0.25) is 9.59 Å². The second-order valence-electron chi connectivity index (χ2n) is 7.97. The maximum atomic E-state index is 12.2. The number of anilines is 2. The van der Waals surface area contributed by atoms with Crippen LogP contribution in [0.3, 0.4) is 0 Å². The van der Waals surface area contributed by atoms with Gasteiger partial charge in [-0.1, -0.05) is 55.1 Å². The monoisotopic (exact) mass is 692 g/mol. The van der Waals surface area contributed by atoms with E-state index in [9.17, 15) is 9.59 Å². The van der Waals surface area contributed by atoms with Gasteiger partial charge in [0.25, 0.3) is 11.8 Å². The molecule has 0 saturated carbocycles. The highest BCUT2D eigenvalue weighted by atomic mass is 79.9. The van der Waals surface area contributed by atoms with Crippen LogP contribution in [0.2, 0.25) is 10.0 Å². The smallest absolute Gasteiger partial charge is 0.262 e. The molecule has 0 aliphatic rings. The van der Waals surface area contributed by atoms with E-state index >= 15 is 0 Å². The van der Waals surface area contributed by atoms with E-state index in [4.69, 9.17) is 37.4 Å². The van der Waals surface area contributed by atoms with E-state index in [0.717, 1.165) is 8.95 Å². The molecule has 0 bridgehead atoms. The Morgan fingerprint density at radius 3 is 1.36 bits per heavy atom. The number of benzene rings is 4. The molecule has 4 rings (SSSR count). The van der Waals surface area contributed by atoms with Crippen molar-refractivity contribution >= 4 is 78.3 Å². The molecule has 0 saturated heterocycles. The van der Waals surface area contributed by atoms with E-state index in [2.05, 4.69) is 42.5 Å². The second kappa shape index (κ2) is 13.7. The molecule has 200 valence electrons. The first-order valence-corrected chi connectivity index (χ1v) is 13.7. The molecule has 0 aliphatic carbocycles. The molecule has 0 radical (unpaired) electrons. The van der Waals surface area contributed by atoms with Gasteiger partial charge in [-0.2, -0.15) is 0 Å². The maximum absolute atomic E-state index is 12.2. The van der Waals surface area contributed by atoms with E-state index in [0.29, 0.717) is 44.4 Å². The van der Waals surface area contributed by atoms with Crippen LogP contribution >= 0.6 is 55.1 Å². The zero-order valence-electron chi connectivity index (χ0n) is 20.1. The molecule has 0 atom stereocenters. The highest BCUT2D eigenvalue weighted by Crippen LogP contribution is 2.29. The van der Waals surface area contributed by atoms with Crippen LogP contribution < -0.4 is 24.8 Å². The minimum Gasteiger partial charge on any atom is -0.482 e. The van der Waals surface area contributed by atoms with Crippen molar-refractivity contribution in [2.24, 2.45) is 0 Å². The highest BCUT2D eigenvalue weighted by molar-refractivity contribution is 9.10. The van der Waals surface area contributed by atoms with Crippen molar-refractivity contribution in [3.05, 3.63) is 104 Å². The summed E-state index contributed by atoms with van der Waals surface area (Å²) in [5, 5.41) is 6.32. The summed E-state index contributed by atoms with van der Waals surface area (Å²) in [6, 6.07) is 24.1. The number of halogens is 4. The Hall–Kier alpha value is -3.24. The molecule has 2 N–H and O–H groups in total. The summed E-state index contributed by atoms with van der Waals surface area (Å²) in [7, 11) is 0. The van der Waals surface area contributed by atoms with Crippen LogP contribution in [0.4, 0.5) is 11.4 Å². The summed E-state index contributed by atoms with van der Waals surface area (Å²) in [6.07, 6.45) is 0. The van der Waals surface area contributed by atoms with Crippen LogP contribution in [0.15, 0.2) is 93.9 Å². The molecule has 4 aromatic rings. The SMILES string of the molecule is O=C(COc1ccc(Br)cc1Cl)Nc1ccc(Oc2ccc(NC(=O)COc3ccc(Br)cc3Cl)cc2)cc1. The van der Waals surface area contributed by atoms with Crippen LogP contribution in [-0.2, 0) is 9.59 Å². The number of carbonyl (C=O) groups is 2. The van der Waals surface area contributed by atoms with Gasteiger partial charge < -0.3 is 24.8 Å². The van der Waals surface area contributed by atoms with Crippen LogP contribution in [0.5, 0.6) is 23.0 Å². The van der Waals surface area contributed by atoms with Gasteiger partial charge in [0.05, 0.1) is 10.0 Å². The van der Waals surface area contributed by atoms with Crippen molar-refractivity contribution in [3.63, 3.8) is 0 Å². The average Bonchev–Trinajstić information content (AvgIpc) is 2.90. The van der Waals surface area contributed by atoms with Gasteiger partial charge in [-0.25, -0.2) is 0 Å². The van der Waals surface area contributed by atoms with Crippen molar-refractivity contribution < 1.29 is 23.8 Å². The minimum absolute atomic E-state index is 0.188. The minimum atomic E-state index is -0.328. The summed E-state index contributed by atoms with van der Waals surface area (Å²) in [4.78, 5) is 24.4. The first kappa shape index (κ1) is 28.8. The predicted octanol–water partition coefficient (Wildman–Crippen LogP) is 8.35. The van der Waals surface area contributed by atoms with Crippen molar-refractivity contribution in [1.82, 2.24) is 0 Å². The Morgan fingerprint density at radius 2 is 1.00 bits per heavy atom. The van der Waals surface area contributed by atoms with Gasteiger partial charge in [0.15, 0.2) is 13.2 Å². The van der Waals surface area contributed by atoms with Gasteiger partial charge in [0.2, 0.25) is 0 Å². The molecular formula is C28H20Br2Cl2N2O5. The normalized spacial score (nSPS) is 10.5. The lowest BCUT2D eigenvalue weighted by molar-refractivity contribution is -0.118. The predicted molar refractivity (Wildman–Crippen MR) is 160 cm³/mol. The Bertz CT molecular complexity index is 1360. The van der Waals surface area contributed by atoms with E-state index in [-0.39, 0.29) is 25.0 Å². The van der Waals surface area contributed by atoms with Gasteiger partial charge >= 0.3 is 0 Å². The molecule has 0 aliphatic heterocycles. The Labute approximate surface area is 251 Å². The van der Waals surface area contributed by atoms with Crippen molar-refractivity contribution in [2.45, 2.75) is 0 Å².